The van der Waals surface area contributed by atoms with E-state index in [1.54, 1.807) is 0 Å². The van der Waals surface area contributed by atoms with Crippen molar-refractivity contribution in [3.8, 4) is 0 Å². The molecule has 0 aromatic carbocycles. The number of rotatable bonds is 9. The third-order valence-electron chi connectivity index (χ3n) is 3.22. The van der Waals surface area contributed by atoms with Crippen molar-refractivity contribution in [1.82, 2.24) is 25.6 Å². The fourth-order valence-corrected chi connectivity index (χ4v) is 2.17. The Bertz CT molecular complexity index is 426. The molecular formula is C17H37N5O. The van der Waals surface area contributed by atoms with Crippen LogP contribution in [-0.4, -0.2) is 46.8 Å². The summed E-state index contributed by atoms with van der Waals surface area (Å²) in [5, 5.41) is 15.0. The summed E-state index contributed by atoms with van der Waals surface area (Å²) in [4.78, 5) is 0. The normalized spacial score (nSPS) is 12.3. The number of likely N-dealkylation sites (N-methyl/N-ethyl adjacent to an activating group) is 1. The van der Waals surface area contributed by atoms with Crippen LogP contribution in [0, 0.1) is 0 Å². The zero-order chi connectivity index (χ0) is 18.1. The molecule has 0 saturated heterocycles. The minimum absolute atomic E-state index is 0.0758. The molecule has 1 aromatic heterocycles. The summed E-state index contributed by atoms with van der Waals surface area (Å²) in [7, 11) is 1.93. The van der Waals surface area contributed by atoms with E-state index >= 15 is 0 Å². The molecular weight excluding hydrogens is 290 g/mol. The Labute approximate surface area is 142 Å². The minimum atomic E-state index is -0.451. The van der Waals surface area contributed by atoms with Crippen molar-refractivity contribution >= 4 is 0 Å². The zero-order valence-corrected chi connectivity index (χ0v) is 16.5. The van der Waals surface area contributed by atoms with Crippen molar-refractivity contribution in [2.45, 2.75) is 79.1 Å². The molecule has 6 heteroatoms. The van der Waals surface area contributed by atoms with Gasteiger partial charge in [0.25, 0.3) is 0 Å². The quantitative estimate of drug-likeness (QED) is 0.730. The highest BCUT2D eigenvalue weighted by atomic mass is 16.5. The molecule has 136 valence electrons. The molecule has 0 aliphatic carbocycles. The van der Waals surface area contributed by atoms with Crippen LogP contribution in [0.25, 0.3) is 0 Å². The van der Waals surface area contributed by atoms with Crippen LogP contribution >= 0.6 is 0 Å². The van der Waals surface area contributed by atoms with Gasteiger partial charge in [-0.15, -0.1) is 5.10 Å². The van der Waals surface area contributed by atoms with Gasteiger partial charge in [0.15, 0.2) is 0 Å². The number of hydrogen-bond donors (Lipinski definition) is 2. The van der Waals surface area contributed by atoms with Crippen molar-refractivity contribution in [1.29, 1.82) is 0 Å². The minimum Gasteiger partial charge on any atom is -0.367 e. The molecule has 6 nitrogen and oxygen atoms in total. The molecule has 0 amide bonds. The van der Waals surface area contributed by atoms with Crippen LogP contribution in [0.4, 0.5) is 0 Å². The largest absolute Gasteiger partial charge is 0.367 e. The van der Waals surface area contributed by atoms with Gasteiger partial charge in [-0.2, -0.15) is 0 Å². The highest BCUT2D eigenvalue weighted by Gasteiger charge is 2.29. The molecule has 1 rings (SSSR count). The second kappa shape index (κ2) is 10.0. The number of nitrogens with zero attached hydrogens (tertiary/aromatic N) is 3. The highest BCUT2D eigenvalue weighted by Crippen LogP contribution is 2.24. The molecule has 1 aromatic rings. The smallest absolute Gasteiger partial charge is 0.114 e. The lowest BCUT2D eigenvalue weighted by molar-refractivity contribution is -0.0507. The molecule has 2 N–H and O–H groups in total. The van der Waals surface area contributed by atoms with Crippen LogP contribution in [0.3, 0.4) is 0 Å². The van der Waals surface area contributed by atoms with Gasteiger partial charge in [0, 0.05) is 18.1 Å². The van der Waals surface area contributed by atoms with Crippen LogP contribution in [0.15, 0.2) is 6.20 Å². The average Bonchev–Trinajstić information content (AvgIpc) is 2.94. The Kier molecular flexibility index (Phi) is 9.58. The summed E-state index contributed by atoms with van der Waals surface area (Å²) >= 11 is 0. The fourth-order valence-electron chi connectivity index (χ4n) is 2.17. The first kappa shape index (κ1) is 22.0. The van der Waals surface area contributed by atoms with Gasteiger partial charge in [-0.25, -0.2) is 0 Å². The van der Waals surface area contributed by atoms with Crippen molar-refractivity contribution in [3.63, 3.8) is 0 Å². The maximum atomic E-state index is 6.11. The third-order valence-corrected chi connectivity index (χ3v) is 3.22. The van der Waals surface area contributed by atoms with Crippen LogP contribution in [0.1, 0.15) is 61.1 Å². The number of nitrogens with one attached hydrogen (secondary N) is 2. The van der Waals surface area contributed by atoms with E-state index in [0.717, 1.165) is 18.8 Å². The standard InChI is InChI=1S/C15H31N5O.C2H6/c1-12(2)17-14(3,4)11-21-15(5,6)13-10-20(19-18-13)9-8-16-7;1-2/h10,12,16-17H,8-9,11H2,1-7H3;1-2H3. The second-order valence-corrected chi connectivity index (χ2v) is 6.95. The van der Waals surface area contributed by atoms with Gasteiger partial charge in [0.1, 0.15) is 11.3 Å². The van der Waals surface area contributed by atoms with Crippen LogP contribution in [-0.2, 0) is 16.9 Å². The topological polar surface area (TPSA) is 64.0 Å². The molecule has 0 fully saturated rings. The SMILES string of the molecule is CC.CNCCn1cc(C(C)(C)OCC(C)(C)NC(C)C)nn1. The summed E-state index contributed by atoms with van der Waals surface area (Å²) in [5.74, 6) is 0. The molecule has 0 unspecified atom stereocenters. The lowest BCUT2D eigenvalue weighted by Crippen LogP contribution is -2.48. The number of aromatic nitrogens is 3. The molecule has 0 bridgehead atoms. The van der Waals surface area contributed by atoms with Crippen molar-refractivity contribution < 1.29 is 4.74 Å². The highest BCUT2D eigenvalue weighted by molar-refractivity contribution is 5.04. The average molecular weight is 328 g/mol. The Hall–Kier alpha value is -0.980. The number of hydrogen-bond acceptors (Lipinski definition) is 5. The summed E-state index contributed by atoms with van der Waals surface area (Å²) in [6.07, 6.45) is 1.96. The third kappa shape index (κ3) is 8.44. The predicted octanol–water partition coefficient (Wildman–Crippen LogP) is 2.55. The molecule has 0 saturated carbocycles. The van der Waals surface area contributed by atoms with Gasteiger partial charge in [-0.05, 0) is 34.7 Å². The van der Waals surface area contributed by atoms with E-state index in [2.05, 4.69) is 48.6 Å². The van der Waals surface area contributed by atoms with E-state index in [1.807, 2.05) is 45.6 Å². The van der Waals surface area contributed by atoms with E-state index < -0.39 is 5.60 Å². The first-order valence-corrected chi connectivity index (χ1v) is 8.63. The van der Waals surface area contributed by atoms with E-state index in [0.29, 0.717) is 12.6 Å². The Balaban J connectivity index is 0.00000232. The molecule has 0 atom stereocenters. The maximum Gasteiger partial charge on any atom is 0.114 e. The first-order valence-electron chi connectivity index (χ1n) is 8.63. The second-order valence-electron chi connectivity index (χ2n) is 6.95. The molecule has 0 aliphatic rings. The summed E-state index contributed by atoms with van der Waals surface area (Å²) < 4.78 is 7.95. The lowest BCUT2D eigenvalue weighted by atomic mass is 10.0. The van der Waals surface area contributed by atoms with Crippen LogP contribution in [0.5, 0.6) is 0 Å². The van der Waals surface area contributed by atoms with Gasteiger partial charge in [-0.3, -0.25) is 4.68 Å². The van der Waals surface area contributed by atoms with E-state index in [-0.39, 0.29) is 5.54 Å². The van der Waals surface area contributed by atoms with Crippen molar-refractivity contribution in [3.05, 3.63) is 11.9 Å². The van der Waals surface area contributed by atoms with Gasteiger partial charge >= 0.3 is 0 Å². The van der Waals surface area contributed by atoms with E-state index in [1.165, 1.54) is 0 Å². The van der Waals surface area contributed by atoms with Gasteiger partial charge < -0.3 is 15.4 Å². The molecule has 0 aliphatic heterocycles. The Morgan fingerprint density at radius 3 is 2.35 bits per heavy atom. The Morgan fingerprint density at radius 2 is 1.83 bits per heavy atom. The van der Waals surface area contributed by atoms with Gasteiger partial charge in [-0.1, -0.05) is 32.9 Å². The van der Waals surface area contributed by atoms with Gasteiger partial charge in [0.2, 0.25) is 0 Å². The number of ether oxygens (including phenoxy) is 1. The van der Waals surface area contributed by atoms with Crippen LogP contribution in [0.2, 0.25) is 0 Å². The maximum absolute atomic E-state index is 6.11. The first-order chi connectivity index (χ1) is 10.7. The van der Waals surface area contributed by atoms with Crippen molar-refractivity contribution in [2.24, 2.45) is 0 Å². The summed E-state index contributed by atoms with van der Waals surface area (Å²) in [6, 6.07) is 0.425. The zero-order valence-electron chi connectivity index (χ0n) is 16.5. The van der Waals surface area contributed by atoms with E-state index in [4.69, 9.17) is 4.74 Å². The fraction of sp³-hybridized carbons (Fsp3) is 0.882. The molecule has 23 heavy (non-hydrogen) atoms. The summed E-state index contributed by atoms with van der Waals surface area (Å²) in [5.41, 5.74) is 0.334. The van der Waals surface area contributed by atoms with Crippen molar-refractivity contribution in [2.75, 3.05) is 20.2 Å². The Morgan fingerprint density at radius 1 is 1.22 bits per heavy atom. The summed E-state index contributed by atoms with van der Waals surface area (Å²) in [6.45, 7) is 18.9. The molecule has 1 heterocycles. The van der Waals surface area contributed by atoms with E-state index in [9.17, 15) is 0 Å². The molecule has 0 radical (unpaired) electrons. The lowest BCUT2D eigenvalue weighted by Gasteiger charge is -2.33. The predicted molar refractivity (Wildman–Crippen MR) is 96.6 cm³/mol. The van der Waals surface area contributed by atoms with Gasteiger partial charge in [0.05, 0.1) is 19.3 Å². The monoisotopic (exact) mass is 327 g/mol. The van der Waals surface area contributed by atoms with Crippen LogP contribution < -0.4 is 10.6 Å². The molecule has 0 spiro atoms.